The minimum Gasteiger partial charge on any atom is -0.337 e. The van der Waals surface area contributed by atoms with Crippen LogP contribution in [0.25, 0.3) is 10.2 Å². The highest BCUT2D eigenvalue weighted by Crippen LogP contribution is 2.25. The van der Waals surface area contributed by atoms with Crippen molar-refractivity contribution in [1.29, 1.82) is 0 Å². The number of thiazole rings is 1. The first-order valence-corrected chi connectivity index (χ1v) is 9.71. The van der Waals surface area contributed by atoms with Crippen LogP contribution in [-0.2, 0) is 4.79 Å². The largest absolute Gasteiger partial charge is 0.337 e. The molecule has 10 heteroatoms. The molecule has 2 aromatic heterocycles. The SMILES string of the molecule is O=C(CNC(=O)N1CCN(c2ncccn2)CC1)Nc1nc2ccccc2s1. The van der Waals surface area contributed by atoms with Crippen molar-refractivity contribution in [3.8, 4) is 0 Å². The summed E-state index contributed by atoms with van der Waals surface area (Å²) >= 11 is 1.40. The van der Waals surface area contributed by atoms with Crippen molar-refractivity contribution in [2.24, 2.45) is 0 Å². The van der Waals surface area contributed by atoms with E-state index in [9.17, 15) is 9.59 Å². The molecule has 4 rings (SSSR count). The second-order valence-corrected chi connectivity index (χ2v) is 7.25. The first-order chi connectivity index (χ1) is 13.7. The molecule has 3 aromatic rings. The Morgan fingerprint density at radius 3 is 2.54 bits per heavy atom. The van der Waals surface area contributed by atoms with Crippen molar-refractivity contribution in [1.82, 2.24) is 25.2 Å². The van der Waals surface area contributed by atoms with Crippen LogP contribution >= 0.6 is 11.3 Å². The van der Waals surface area contributed by atoms with E-state index in [1.54, 1.807) is 23.4 Å². The standard InChI is InChI=1S/C18H19N7O2S/c26-15(23-17-22-13-4-1-2-5-14(13)28-17)12-21-18(27)25-10-8-24(9-11-25)16-19-6-3-7-20-16/h1-7H,8-12H2,(H,21,27)(H,22,23,26). The number of urea groups is 1. The lowest BCUT2D eigenvalue weighted by Gasteiger charge is -2.34. The van der Waals surface area contributed by atoms with Crippen molar-refractivity contribution in [3.05, 3.63) is 42.7 Å². The van der Waals surface area contributed by atoms with Crippen molar-refractivity contribution < 1.29 is 9.59 Å². The van der Waals surface area contributed by atoms with E-state index in [1.807, 2.05) is 29.2 Å². The van der Waals surface area contributed by atoms with Crippen LogP contribution in [0.15, 0.2) is 42.7 Å². The fraction of sp³-hybridized carbons (Fsp3) is 0.278. The molecule has 1 aliphatic heterocycles. The monoisotopic (exact) mass is 397 g/mol. The summed E-state index contributed by atoms with van der Waals surface area (Å²) in [6, 6.07) is 9.18. The molecule has 0 atom stereocenters. The highest BCUT2D eigenvalue weighted by atomic mass is 32.1. The van der Waals surface area contributed by atoms with Gasteiger partial charge in [0.1, 0.15) is 0 Å². The lowest BCUT2D eigenvalue weighted by Crippen LogP contribution is -2.53. The second-order valence-electron chi connectivity index (χ2n) is 6.22. The topological polar surface area (TPSA) is 103 Å². The molecule has 0 unspecified atom stereocenters. The maximum Gasteiger partial charge on any atom is 0.317 e. The van der Waals surface area contributed by atoms with E-state index < -0.39 is 0 Å². The predicted molar refractivity (Wildman–Crippen MR) is 107 cm³/mol. The molecule has 3 amide bonds. The first kappa shape index (κ1) is 18.1. The third kappa shape index (κ3) is 4.17. The molecule has 0 radical (unpaired) electrons. The van der Waals surface area contributed by atoms with Crippen LogP contribution in [0.1, 0.15) is 0 Å². The summed E-state index contributed by atoms with van der Waals surface area (Å²) in [6.45, 7) is 2.29. The number of nitrogens with one attached hydrogen (secondary N) is 2. The van der Waals surface area contributed by atoms with Crippen molar-refractivity contribution in [3.63, 3.8) is 0 Å². The summed E-state index contributed by atoms with van der Waals surface area (Å²) in [5, 5.41) is 5.92. The van der Waals surface area contributed by atoms with Gasteiger partial charge in [-0.05, 0) is 18.2 Å². The Labute approximate surface area is 165 Å². The van der Waals surface area contributed by atoms with E-state index in [1.165, 1.54) is 11.3 Å². The fourth-order valence-electron chi connectivity index (χ4n) is 2.92. The highest BCUT2D eigenvalue weighted by molar-refractivity contribution is 7.22. The number of aromatic nitrogens is 3. The number of carbonyl (C=O) groups is 2. The Kier molecular flexibility index (Phi) is 5.29. The molecule has 0 bridgehead atoms. The molecular formula is C18H19N7O2S. The number of benzene rings is 1. The number of nitrogens with zero attached hydrogens (tertiary/aromatic N) is 5. The predicted octanol–water partition coefficient (Wildman–Crippen LogP) is 1.56. The number of piperazine rings is 1. The smallest absolute Gasteiger partial charge is 0.317 e. The molecule has 9 nitrogen and oxygen atoms in total. The average Bonchev–Trinajstić information content (AvgIpc) is 3.15. The van der Waals surface area contributed by atoms with Crippen LogP contribution in [0.4, 0.5) is 15.9 Å². The average molecular weight is 397 g/mol. The van der Waals surface area contributed by atoms with Gasteiger partial charge in [0.25, 0.3) is 0 Å². The summed E-state index contributed by atoms with van der Waals surface area (Å²) in [5.41, 5.74) is 0.840. The quantitative estimate of drug-likeness (QED) is 0.692. The zero-order valence-electron chi connectivity index (χ0n) is 15.0. The van der Waals surface area contributed by atoms with Crippen LogP contribution < -0.4 is 15.5 Å². The summed E-state index contributed by atoms with van der Waals surface area (Å²) in [7, 11) is 0. The lowest BCUT2D eigenvalue weighted by atomic mass is 10.3. The van der Waals surface area contributed by atoms with Gasteiger partial charge < -0.3 is 20.4 Å². The van der Waals surface area contributed by atoms with Gasteiger partial charge in [-0.15, -0.1) is 0 Å². The minimum atomic E-state index is -0.302. The van der Waals surface area contributed by atoms with E-state index >= 15 is 0 Å². The molecule has 1 saturated heterocycles. The van der Waals surface area contributed by atoms with Crippen LogP contribution in [0, 0.1) is 0 Å². The summed E-state index contributed by atoms with van der Waals surface area (Å²) < 4.78 is 1.00. The zero-order valence-corrected chi connectivity index (χ0v) is 15.9. The molecule has 0 aliphatic carbocycles. The normalized spacial score (nSPS) is 14.1. The van der Waals surface area contributed by atoms with Crippen LogP contribution in [0.3, 0.4) is 0 Å². The molecule has 28 heavy (non-hydrogen) atoms. The maximum absolute atomic E-state index is 12.3. The van der Waals surface area contributed by atoms with E-state index in [4.69, 9.17) is 0 Å². The second kappa shape index (κ2) is 8.17. The molecule has 144 valence electrons. The van der Waals surface area contributed by atoms with Crippen molar-refractivity contribution >= 4 is 44.6 Å². The molecule has 0 saturated carbocycles. The molecule has 1 aromatic carbocycles. The number of amides is 3. The number of hydrogen-bond acceptors (Lipinski definition) is 7. The third-order valence-electron chi connectivity index (χ3n) is 4.34. The van der Waals surface area contributed by atoms with E-state index in [0.717, 1.165) is 10.2 Å². The zero-order chi connectivity index (χ0) is 19.3. The first-order valence-electron chi connectivity index (χ1n) is 8.89. The molecular weight excluding hydrogens is 378 g/mol. The van der Waals surface area contributed by atoms with Crippen LogP contribution in [-0.4, -0.2) is 64.5 Å². The van der Waals surface area contributed by atoms with E-state index in [2.05, 4.69) is 25.6 Å². The number of carbonyl (C=O) groups excluding carboxylic acids is 2. The van der Waals surface area contributed by atoms with Gasteiger partial charge in [0.2, 0.25) is 11.9 Å². The van der Waals surface area contributed by atoms with Crippen LogP contribution in [0.5, 0.6) is 0 Å². The summed E-state index contributed by atoms with van der Waals surface area (Å²) in [5.74, 6) is 0.362. The van der Waals surface area contributed by atoms with Crippen molar-refractivity contribution in [2.75, 3.05) is 42.9 Å². The molecule has 1 fully saturated rings. The van der Waals surface area contributed by atoms with Gasteiger partial charge in [0.15, 0.2) is 5.13 Å². The Hall–Kier alpha value is -3.27. The molecule has 2 N–H and O–H groups in total. The Balaban J connectivity index is 1.23. The number of anilines is 2. The van der Waals surface area contributed by atoms with Gasteiger partial charge >= 0.3 is 6.03 Å². The van der Waals surface area contributed by atoms with Gasteiger partial charge in [-0.2, -0.15) is 0 Å². The number of para-hydroxylation sites is 1. The van der Waals surface area contributed by atoms with Gasteiger partial charge in [-0.3, -0.25) is 4.79 Å². The highest BCUT2D eigenvalue weighted by Gasteiger charge is 2.22. The van der Waals surface area contributed by atoms with E-state index in [-0.39, 0.29) is 18.5 Å². The Morgan fingerprint density at radius 1 is 1.04 bits per heavy atom. The summed E-state index contributed by atoms with van der Waals surface area (Å²) in [6.07, 6.45) is 3.40. The van der Waals surface area contributed by atoms with Crippen molar-refractivity contribution in [2.45, 2.75) is 0 Å². The molecule has 1 aliphatic rings. The third-order valence-corrected chi connectivity index (χ3v) is 5.29. The van der Waals surface area contributed by atoms with Gasteiger partial charge in [-0.1, -0.05) is 23.5 Å². The maximum atomic E-state index is 12.3. The fourth-order valence-corrected chi connectivity index (χ4v) is 3.80. The van der Waals surface area contributed by atoms with Gasteiger partial charge in [0, 0.05) is 38.6 Å². The summed E-state index contributed by atoms with van der Waals surface area (Å²) in [4.78, 5) is 40.9. The minimum absolute atomic E-state index is 0.100. The van der Waals surface area contributed by atoms with Gasteiger partial charge in [-0.25, -0.2) is 19.7 Å². The lowest BCUT2D eigenvalue weighted by molar-refractivity contribution is -0.115. The van der Waals surface area contributed by atoms with E-state index in [0.29, 0.717) is 37.3 Å². The Bertz CT molecular complexity index is 937. The number of fused-ring (bicyclic) bond motifs is 1. The Morgan fingerprint density at radius 2 is 1.79 bits per heavy atom. The van der Waals surface area contributed by atoms with Gasteiger partial charge in [0.05, 0.1) is 16.8 Å². The molecule has 3 heterocycles. The van der Waals surface area contributed by atoms with Crippen LogP contribution in [0.2, 0.25) is 0 Å². The number of rotatable bonds is 4. The molecule has 0 spiro atoms. The number of hydrogen-bond donors (Lipinski definition) is 2.